The van der Waals surface area contributed by atoms with Gasteiger partial charge in [-0.15, -0.1) is 0 Å². The van der Waals surface area contributed by atoms with Crippen LogP contribution in [0.25, 0.3) is 0 Å². The summed E-state index contributed by atoms with van der Waals surface area (Å²) in [6.07, 6.45) is 1.29. The molecule has 7 nitrogen and oxygen atoms in total. The SMILES string of the molecule is COc1cc(NC2(CO)CCOCC2)cc([N+](=O)[O-])c1. The number of anilines is 1. The van der Waals surface area contributed by atoms with E-state index in [0.29, 0.717) is 37.5 Å². The maximum Gasteiger partial charge on any atom is 0.275 e. The summed E-state index contributed by atoms with van der Waals surface area (Å²) in [4.78, 5) is 10.4. The van der Waals surface area contributed by atoms with E-state index in [9.17, 15) is 15.2 Å². The minimum absolute atomic E-state index is 0.0491. The van der Waals surface area contributed by atoms with Crippen molar-refractivity contribution in [1.82, 2.24) is 0 Å². The van der Waals surface area contributed by atoms with Gasteiger partial charge < -0.3 is 19.9 Å². The number of nitro groups is 1. The van der Waals surface area contributed by atoms with Crippen LogP contribution in [-0.4, -0.2) is 42.5 Å². The molecule has 1 aromatic rings. The second-order valence-electron chi connectivity index (χ2n) is 4.85. The minimum atomic E-state index is -0.502. The van der Waals surface area contributed by atoms with Gasteiger partial charge in [0.2, 0.25) is 0 Å². The predicted octanol–water partition coefficient (Wildman–Crippen LogP) is 1.56. The van der Waals surface area contributed by atoms with Crippen molar-refractivity contribution in [2.75, 3.05) is 32.2 Å². The molecule has 0 bridgehead atoms. The van der Waals surface area contributed by atoms with Crippen LogP contribution in [0.3, 0.4) is 0 Å². The van der Waals surface area contributed by atoms with Crippen LogP contribution in [0, 0.1) is 10.1 Å². The van der Waals surface area contributed by atoms with E-state index in [1.54, 1.807) is 6.07 Å². The smallest absolute Gasteiger partial charge is 0.275 e. The van der Waals surface area contributed by atoms with E-state index < -0.39 is 10.5 Å². The second-order valence-corrected chi connectivity index (χ2v) is 4.85. The highest BCUT2D eigenvalue weighted by Gasteiger charge is 2.32. The van der Waals surface area contributed by atoms with Crippen LogP contribution in [0.5, 0.6) is 5.75 Å². The lowest BCUT2D eigenvalue weighted by molar-refractivity contribution is -0.384. The molecule has 1 saturated heterocycles. The number of nitrogens with zero attached hydrogens (tertiary/aromatic N) is 1. The highest BCUT2D eigenvalue weighted by Crippen LogP contribution is 2.31. The van der Waals surface area contributed by atoms with E-state index in [2.05, 4.69) is 5.32 Å². The molecule has 2 N–H and O–H groups in total. The van der Waals surface area contributed by atoms with Crippen molar-refractivity contribution in [3.63, 3.8) is 0 Å². The summed E-state index contributed by atoms with van der Waals surface area (Å²) in [6.45, 7) is 1.06. The normalized spacial score (nSPS) is 17.5. The lowest BCUT2D eigenvalue weighted by Gasteiger charge is -2.37. The van der Waals surface area contributed by atoms with E-state index in [0.717, 1.165) is 0 Å². The number of benzene rings is 1. The molecule has 0 radical (unpaired) electrons. The van der Waals surface area contributed by atoms with Crippen LogP contribution >= 0.6 is 0 Å². The van der Waals surface area contributed by atoms with Crippen LogP contribution < -0.4 is 10.1 Å². The lowest BCUT2D eigenvalue weighted by atomic mass is 9.90. The van der Waals surface area contributed by atoms with Crippen molar-refractivity contribution in [2.24, 2.45) is 0 Å². The Kier molecular flexibility index (Phi) is 4.41. The van der Waals surface area contributed by atoms with Crippen molar-refractivity contribution >= 4 is 11.4 Å². The summed E-state index contributed by atoms with van der Waals surface area (Å²) in [5, 5.41) is 23.7. The van der Waals surface area contributed by atoms with E-state index in [1.807, 2.05) is 0 Å². The summed E-state index contributed by atoms with van der Waals surface area (Å²) in [6, 6.07) is 4.48. The molecule has 0 atom stereocenters. The van der Waals surface area contributed by atoms with E-state index in [4.69, 9.17) is 9.47 Å². The zero-order valence-corrected chi connectivity index (χ0v) is 11.3. The molecule has 1 aliphatic rings. The zero-order chi connectivity index (χ0) is 14.6. The Morgan fingerprint density at radius 3 is 2.70 bits per heavy atom. The van der Waals surface area contributed by atoms with Gasteiger partial charge in [0, 0.05) is 31.0 Å². The molecule has 0 saturated carbocycles. The maximum atomic E-state index is 10.9. The third-order valence-electron chi connectivity index (χ3n) is 3.50. The summed E-state index contributed by atoms with van der Waals surface area (Å²) in [5.74, 6) is 0.404. The Labute approximate surface area is 116 Å². The van der Waals surface area contributed by atoms with Crippen molar-refractivity contribution in [3.8, 4) is 5.75 Å². The Morgan fingerprint density at radius 2 is 2.15 bits per heavy atom. The quantitative estimate of drug-likeness (QED) is 0.628. The third-order valence-corrected chi connectivity index (χ3v) is 3.50. The molecule has 20 heavy (non-hydrogen) atoms. The van der Waals surface area contributed by atoms with E-state index in [1.165, 1.54) is 19.2 Å². The number of aliphatic hydroxyl groups excluding tert-OH is 1. The molecule has 0 spiro atoms. The van der Waals surface area contributed by atoms with Crippen LogP contribution in [0.4, 0.5) is 11.4 Å². The molecule has 0 unspecified atom stereocenters. The van der Waals surface area contributed by atoms with Gasteiger partial charge in [0.25, 0.3) is 5.69 Å². The Hall–Kier alpha value is -1.86. The van der Waals surface area contributed by atoms with Crippen LogP contribution in [0.2, 0.25) is 0 Å². The lowest BCUT2D eigenvalue weighted by Crippen LogP contribution is -2.46. The highest BCUT2D eigenvalue weighted by atomic mass is 16.6. The number of nitro benzene ring substituents is 1. The maximum absolute atomic E-state index is 10.9. The van der Waals surface area contributed by atoms with Crippen molar-refractivity contribution in [2.45, 2.75) is 18.4 Å². The van der Waals surface area contributed by atoms with Crippen LogP contribution in [-0.2, 0) is 4.74 Å². The molecule has 1 fully saturated rings. The highest BCUT2D eigenvalue weighted by molar-refractivity contribution is 5.57. The van der Waals surface area contributed by atoms with Gasteiger partial charge in [-0.05, 0) is 12.8 Å². The first kappa shape index (κ1) is 14.5. The molecular formula is C13H18N2O5. The monoisotopic (exact) mass is 282 g/mol. The van der Waals surface area contributed by atoms with Gasteiger partial charge in [0.15, 0.2) is 0 Å². The molecule has 0 aliphatic carbocycles. The number of ether oxygens (including phenoxy) is 2. The fourth-order valence-electron chi connectivity index (χ4n) is 2.27. The first-order valence-electron chi connectivity index (χ1n) is 6.39. The molecular weight excluding hydrogens is 264 g/mol. The van der Waals surface area contributed by atoms with Gasteiger partial charge in [0.1, 0.15) is 5.75 Å². The first-order chi connectivity index (χ1) is 9.58. The van der Waals surface area contributed by atoms with Crippen molar-refractivity contribution in [3.05, 3.63) is 28.3 Å². The summed E-state index contributed by atoms with van der Waals surface area (Å²) in [5.41, 5.74) is 0.0115. The average Bonchev–Trinajstić information content (AvgIpc) is 2.47. The second kappa shape index (κ2) is 6.06. The minimum Gasteiger partial charge on any atom is -0.496 e. The first-order valence-corrected chi connectivity index (χ1v) is 6.39. The predicted molar refractivity (Wildman–Crippen MR) is 73.1 cm³/mol. The number of rotatable bonds is 5. The molecule has 0 amide bonds. The topological polar surface area (TPSA) is 93.9 Å². The molecule has 7 heteroatoms. The standard InChI is InChI=1S/C13H18N2O5/c1-19-12-7-10(6-11(8-12)15(17)18)14-13(9-16)2-4-20-5-3-13/h6-8,14,16H,2-5,9H2,1H3. The summed E-state index contributed by atoms with van der Waals surface area (Å²) < 4.78 is 10.4. The van der Waals surface area contributed by atoms with Crippen LogP contribution in [0.1, 0.15) is 12.8 Å². The fourth-order valence-corrected chi connectivity index (χ4v) is 2.27. The number of hydrogen-bond donors (Lipinski definition) is 2. The average molecular weight is 282 g/mol. The number of nitrogens with one attached hydrogen (secondary N) is 1. The third kappa shape index (κ3) is 3.17. The Bertz CT molecular complexity index is 486. The number of methoxy groups -OCH3 is 1. The molecule has 110 valence electrons. The summed E-state index contributed by atoms with van der Waals surface area (Å²) in [7, 11) is 1.46. The van der Waals surface area contributed by atoms with Gasteiger partial charge >= 0.3 is 0 Å². The zero-order valence-electron chi connectivity index (χ0n) is 11.3. The van der Waals surface area contributed by atoms with Gasteiger partial charge in [-0.1, -0.05) is 0 Å². The van der Waals surface area contributed by atoms with Gasteiger partial charge in [-0.25, -0.2) is 0 Å². The van der Waals surface area contributed by atoms with Crippen molar-refractivity contribution < 1.29 is 19.5 Å². The molecule has 1 aromatic carbocycles. The summed E-state index contributed by atoms with van der Waals surface area (Å²) >= 11 is 0. The van der Waals surface area contributed by atoms with Gasteiger partial charge in [-0.2, -0.15) is 0 Å². The number of hydrogen-bond acceptors (Lipinski definition) is 6. The van der Waals surface area contributed by atoms with Gasteiger partial charge in [0.05, 0.1) is 30.2 Å². The molecule has 1 heterocycles. The van der Waals surface area contributed by atoms with E-state index in [-0.39, 0.29) is 12.3 Å². The number of aliphatic hydroxyl groups is 1. The Balaban J connectivity index is 2.27. The number of non-ortho nitro benzene ring substituents is 1. The van der Waals surface area contributed by atoms with Crippen LogP contribution in [0.15, 0.2) is 18.2 Å². The molecule has 0 aromatic heterocycles. The van der Waals surface area contributed by atoms with Crippen molar-refractivity contribution in [1.29, 1.82) is 0 Å². The van der Waals surface area contributed by atoms with Gasteiger partial charge in [-0.3, -0.25) is 10.1 Å². The molecule has 2 rings (SSSR count). The molecule has 1 aliphatic heterocycles. The van der Waals surface area contributed by atoms with E-state index >= 15 is 0 Å². The Morgan fingerprint density at radius 1 is 1.45 bits per heavy atom. The fraction of sp³-hybridized carbons (Fsp3) is 0.538. The largest absolute Gasteiger partial charge is 0.496 e.